The second-order valence-electron chi connectivity index (χ2n) is 5.25. The predicted molar refractivity (Wildman–Crippen MR) is 86.8 cm³/mol. The van der Waals surface area contributed by atoms with Crippen LogP contribution >= 0.6 is 0 Å². The number of carbonyl (C=O) groups is 1. The molecule has 0 bridgehead atoms. The third kappa shape index (κ3) is 6.17. The third-order valence-electron chi connectivity index (χ3n) is 3.46. The van der Waals surface area contributed by atoms with Gasteiger partial charge in [-0.1, -0.05) is 25.1 Å². The van der Waals surface area contributed by atoms with Crippen LogP contribution in [0.3, 0.4) is 0 Å². The molecule has 1 amide bonds. The normalized spacial score (nSPS) is 10.7. The summed E-state index contributed by atoms with van der Waals surface area (Å²) < 4.78 is 5.89. The summed E-state index contributed by atoms with van der Waals surface area (Å²) in [5, 5.41) is 2.83. The molecule has 0 saturated carbocycles. The maximum absolute atomic E-state index is 11.6. The Morgan fingerprint density at radius 3 is 2.48 bits per heavy atom. The molecular formula is C17H28N2O2. The molecule has 0 saturated heterocycles. The van der Waals surface area contributed by atoms with Gasteiger partial charge in [0.05, 0.1) is 13.2 Å². The first-order valence-electron chi connectivity index (χ1n) is 7.76. The molecule has 1 aromatic carbocycles. The van der Waals surface area contributed by atoms with E-state index in [1.165, 1.54) is 11.1 Å². The van der Waals surface area contributed by atoms with Crippen LogP contribution in [0.15, 0.2) is 18.2 Å². The Morgan fingerprint density at radius 2 is 1.90 bits per heavy atom. The van der Waals surface area contributed by atoms with Crippen LogP contribution in [-0.4, -0.2) is 43.6 Å². The molecule has 118 valence electrons. The molecule has 0 atom stereocenters. The van der Waals surface area contributed by atoms with E-state index in [1.807, 2.05) is 13.0 Å². The highest BCUT2D eigenvalue weighted by Crippen LogP contribution is 2.22. The van der Waals surface area contributed by atoms with Gasteiger partial charge in [-0.2, -0.15) is 0 Å². The van der Waals surface area contributed by atoms with Gasteiger partial charge >= 0.3 is 0 Å². The van der Waals surface area contributed by atoms with E-state index in [9.17, 15) is 4.79 Å². The van der Waals surface area contributed by atoms with Crippen molar-refractivity contribution in [3.8, 4) is 5.75 Å². The lowest BCUT2D eigenvalue weighted by atomic mass is 10.1. The molecule has 0 spiro atoms. The van der Waals surface area contributed by atoms with Crippen LogP contribution in [0.25, 0.3) is 0 Å². The zero-order valence-electron chi connectivity index (χ0n) is 13.7. The Hall–Kier alpha value is -1.55. The maximum Gasteiger partial charge on any atom is 0.234 e. The lowest BCUT2D eigenvalue weighted by Crippen LogP contribution is -2.37. The van der Waals surface area contributed by atoms with Gasteiger partial charge in [-0.25, -0.2) is 0 Å². The summed E-state index contributed by atoms with van der Waals surface area (Å²) in [5.41, 5.74) is 2.34. The first-order valence-corrected chi connectivity index (χ1v) is 7.76. The molecule has 1 rings (SSSR count). The number of ether oxygens (including phenoxy) is 1. The van der Waals surface area contributed by atoms with Gasteiger partial charge in [0.25, 0.3) is 0 Å². The molecule has 4 heteroatoms. The number of rotatable bonds is 9. The summed E-state index contributed by atoms with van der Waals surface area (Å²) >= 11 is 0. The minimum atomic E-state index is 0.0926. The van der Waals surface area contributed by atoms with Crippen molar-refractivity contribution in [2.24, 2.45) is 0 Å². The van der Waals surface area contributed by atoms with E-state index >= 15 is 0 Å². The van der Waals surface area contributed by atoms with Crippen LogP contribution in [-0.2, 0) is 4.79 Å². The molecule has 0 radical (unpaired) electrons. The lowest BCUT2D eigenvalue weighted by molar-refractivity contribution is -0.122. The summed E-state index contributed by atoms with van der Waals surface area (Å²) in [5.74, 6) is 1.08. The zero-order chi connectivity index (χ0) is 15.7. The average molecular weight is 292 g/mol. The Morgan fingerprint density at radius 1 is 1.24 bits per heavy atom. The SMILES string of the molecule is CCNC(=O)CN(CC)CCCOc1c(C)cccc1C. The van der Waals surface area contributed by atoms with Gasteiger partial charge < -0.3 is 10.1 Å². The van der Waals surface area contributed by atoms with Crippen LogP contribution in [0.5, 0.6) is 5.75 Å². The van der Waals surface area contributed by atoms with Gasteiger partial charge in [-0.05, 0) is 44.9 Å². The van der Waals surface area contributed by atoms with E-state index in [-0.39, 0.29) is 5.91 Å². The van der Waals surface area contributed by atoms with E-state index in [0.717, 1.165) is 25.3 Å². The van der Waals surface area contributed by atoms with Crippen molar-refractivity contribution in [1.29, 1.82) is 0 Å². The molecular weight excluding hydrogens is 264 g/mol. The first-order chi connectivity index (χ1) is 10.1. The molecule has 0 fully saturated rings. The fourth-order valence-corrected chi connectivity index (χ4v) is 2.29. The molecule has 21 heavy (non-hydrogen) atoms. The number of hydrogen-bond acceptors (Lipinski definition) is 3. The van der Waals surface area contributed by atoms with Crippen LogP contribution in [0, 0.1) is 13.8 Å². The Kier molecular flexibility index (Phi) is 7.83. The maximum atomic E-state index is 11.6. The van der Waals surface area contributed by atoms with Crippen molar-refractivity contribution in [3.63, 3.8) is 0 Å². The van der Waals surface area contributed by atoms with E-state index < -0.39 is 0 Å². The number of aryl methyl sites for hydroxylation is 2. The number of amides is 1. The summed E-state index contributed by atoms with van der Waals surface area (Å²) in [7, 11) is 0. The molecule has 0 aliphatic heterocycles. The van der Waals surface area contributed by atoms with Gasteiger partial charge in [0.15, 0.2) is 0 Å². The van der Waals surface area contributed by atoms with Crippen LogP contribution in [0.4, 0.5) is 0 Å². The van der Waals surface area contributed by atoms with Gasteiger partial charge in [-0.15, -0.1) is 0 Å². The second kappa shape index (κ2) is 9.40. The molecule has 0 aliphatic rings. The zero-order valence-corrected chi connectivity index (χ0v) is 13.7. The van der Waals surface area contributed by atoms with E-state index in [2.05, 4.69) is 43.1 Å². The molecule has 4 nitrogen and oxygen atoms in total. The van der Waals surface area contributed by atoms with Crippen molar-refractivity contribution in [2.45, 2.75) is 34.1 Å². The summed E-state index contributed by atoms with van der Waals surface area (Å²) in [4.78, 5) is 13.7. The van der Waals surface area contributed by atoms with Crippen molar-refractivity contribution < 1.29 is 9.53 Å². The highest BCUT2D eigenvalue weighted by Gasteiger charge is 2.08. The molecule has 0 heterocycles. The number of carbonyl (C=O) groups excluding carboxylic acids is 1. The summed E-state index contributed by atoms with van der Waals surface area (Å²) in [6, 6.07) is 6.17. The molecule has 0 unspecified atom stereocenters. The average Bonchev–Trinajstić information content (AvgIpc) is 2.45. The number of hydrogen-bond donors (Lipinski definition) is 1. The van der Waals surface area contributed by atoms with Gasteiger partial charge in [0.2, 0.25) is 5.91 Å². The topological polar surface area (TPSA) is 41.6 Å². The smallest absolute Gasteiger partial charge is 0.234 e. The Labute approximate surface area is 128 Å². The largest absolute Gasteiger partial charge is 0.493 e. The molecule has 0 aromatic heterocycles. The van der Waals surface area contributed by atoms with Crippen molar-refractivity contribution >= 4 is 5.91 Å². The second-order valence-corrected chi connectivity index (χ2v) is 5.25. The molecule has 1 N–H and O–H groups in total. The lowest BCUT2D eigenvalue weighted by Gasteiger charge is -2.20. The number of para-hydroxylation sites is 1. The fourth-order valence-electron chi connectivity index (χ4n) is 2.29. The standard InChI is InChI=1S/C17H28N2O2/c1-5-18-16(20)13-19(6-2)11-8-12-21-17-14(3)9-7-10-15(17)4/h7,9-10H,5-6,8,11-13H2,1-4H3,(H,18,20). The third-order valence-corrected chi connectivity index (χ3v) is 3.46. The monoisotopic (exact) mass is 292 g/mol. The van der Waals surface area contributed by atoms with Gasteiger partial charge in [-0.3, -0.25) is 9.69 Å². The highest BCUT2D eigenvalue weighted by molar-refractivity contribution is 5.77. The van der Waals surface area contributed by atoms with Crippen molar-refractivity contribution in [1.82, 2.24) is 10.2 Å². The molecule has 0 aliphatic carbocycles. The minimum absolute atomic E-state index is 0.0926. The Bertz CT molecular complexity index is 426. The van der Waals surface area contributed by atoms with Gasteiger partial charge in [0.1, 0.15) is 5.75 Å². The summed E-state index contributed by atoms with van der Waals surface area (Å²) in [6.07, 6.45) is 0.918. The van der Waals surface area contributed by atoms with E-state index in [1.54, 1.807) is 0 Å². The Balaban J connectivity index is 2.33. The number of likely N-dealkylation sites (N-methyl/N-ethyl adjacent to an activating group) is 2. The summed E-state index contributed by atoms with van der Waals surface area (Å²) in [6.45, 7) is 11.7. The quantitative estimate of drug-likeness (QED) is 0.711. The number of benzene rings is 1. The number of nitrogens with one attached hydrogen (secondary N) is 1. The molecule has 1 aromatic rings. The predicted octanol–water partition coefficient (Wildman–Crippen LogP) is 2.53. The number of nitrogens with zero attached hydrogens (tertiary/aromatic N) is 1. The van der Waals surface area contributed by atoms with E-state index in [0.29, 0.717) is 19.7 Å². The van der Waals surface area contributed by atoms with Crippen molar-refractivity contribution in [2.75, 3.05) is 32.8 Å². The van der Waals surface area contributed by atoms with Crippen LogP contribution < -0.4 is 10.1 Å². The van der Waals surface area contributed by atoms with Gasteiger partial charge in [0, 0.05) is 13.1 Å². The van der Waals surface area contributed by atoms with Crippen LogP contribution in [0.2, 0.25) is 0 Å². The first kappa shape index (κ1) is 17.5. The fraction of sp³-hybridized carbons (Fsp3) is 0.588. The highest BCUT2D eigenvalue weighted by atomic mass is 16.5. The minimum Gasteiger partial charge on any atom is -0.493 e. The van der Waals surface area contributed by atoms with Crippen molar-refractivity contribution in [3.05, 3.63) is 29.3 Å². The van der Waals surface area contributed by atoms with E-state index in [4.69, 9.17) is 4.74 Å². The van der Waals surface area contributed by atoms with Crippen LogP contribution in [0.1, 0.15) is 31.4 Å².